The first-order valence-corrected chi connectivity index (χ1v) is 6.55. The van der Waals surface area contributed by atoms with Gasteiger partial charge in [0.1, 0.15) is 6.04 Å². The van der Waals surface area contributed by atoms with Crippen molar-refractivity contribution in [3.8, 4) is 0 Å². The Morgan fingerprint density at radius 3 is 2.26 bits per heavy atom. The molecule has 0 bridgehead atoms. The molecular formula is C15H21NO3. The Hall–Kier alpha value is -1.84. The fourth-order valence-electron chi connectivity index (χ4n) is 1.85. The summed E-state index contributed by atoms with van der Waals surface area (Å²) in [7, 11) is 0. The van der Waals surface area contributed by atoms with Gasteiger partial charge in [-0.3, -0.25) is 4.79 Å². The zero-order valence-corrected chi connectivity index (χ0v) is 11.6. The first-order chi connectivity index (χ1) is 8.97. The molecule has 19 heavy (non-hydrogen) atoms. The van der Waals surface area contributed by atoms with Gasteiger partial charge in [-0.05, 0) is 18.4 Å². The highest BCUT2D eigenvalue weighted by Gasteiger charge is 2.27. The number of hydrogen-bond acceptors (Lipinski definition) is 2. The van der Waals surface area contributed by atoms with Gasteiger partial charge in [0.05, 0.1) is 5.92 Å². The molecule has 0 spiro atoms. The maximum atomic E-state index is 12.1. The minimum Gasteiger partial charge on any atom is -0.480 e. The van der Waals surface area contributed by atoms with Crippen molar-refractivity contribution in [1.82, 2.24) is 5.32 Å². The van der Waals surface area contributed by atoms with Crippen molar-refractivity contribution in [1.29, 1.82) is 0 Å². The van der Waals surface area contributed by atoms with E-state index in [1.54, 1.807) is 6.92 Å². The lowest BCUT2D eigenvalue weighted by atomic mass is 9.96. The van der Waals surface area contributed by atoms with Gasteiger partial charge in [0.25, 0.3) is 0 Å². The molecule has 0 radical (unpaired) electrons. The Bertz CT molecular complexity index is 430. The van der Waals surface area contributed by atoms with E-state index in [0.29, 0.717) is 6.42 Å². The van der Waals surface area contributed by atoms with Crippen molar-refractivity contribution >= 4 is 11.9 Å². The fraction of sp³-hybridized carbons (Fsp3) is 0.467. The lowest BCUT2D eigenvalue weighted by Gasteiger charge is -2.22. The van der Waals surface area contributed by atoms with Crippen molar-refractivity contribution in [2.45, 2.75) is 39.2 Å². The summed E-state index contributed by atoms with van der Waals surface area (Å²) in [6, 6.07) is 8.51. The van der Waals surface area contributed by atoms with Crippen LogP contribution in [0.5, 0.6) is 0 Å². The predicted octanol–water partition coefficient (Wildman–Crippen LogP) is 2.41. The summed E-state index contributed by atoms with van der Waals surface area (Å²) in [5, 5.41) is 11.8. The summed E-state index contributed by atoms with van der Waals surface area (Å²) >= 11 is 0. The SMILES string of the molecule is CCC(C)C(NC(=O)C(C)c1ccccc1)C(=O)O. The van der Waals surface area contributed by atoms with Gasteiger partial charge in [0, 0.05) is 0 Å². The Labute approximate surface area is 113 Å². The fourth-order valence-corrected chi connectivity index (χ4v) is 1.85. The summed E-state index contributed by atoms with van der Waals surface area (Å²) in [4.78, 5) is 23.3. The average molecular weight is 263 g/mol. The number of carboxylic acids is 1. The van der Waals surface area contributed by atoms with Crippen LogP contribution in [0.2, 0.25) is 0 Å². The molecule has 3 unspecified atom stereocenters. The third-order valence-corrected chi connectivity index (χ3v) is 3.47. The first-order valence-electron chi connectivity index (χ1n) is 6.55. The van der Waals surface area contributed by atoms with Crippen molar-refractivity contribution < 1.29 is 14.7 Å². The number of rotatable bonds is 6. The molecular weight excluding hydrogens is 242 g/mol. The van der Waals surface area contributed by atoms with Crippen LogP contribution in [0.25, 0.3) is 0 Å². The molecule has 0 aliphatic heterocycles. The summed E-state index contributed by atoms with van der Waals surface area (Å²) in [6.07, 6.45) is 0.705. The molecule has 0 heterocycles. The second-order valence-electron chi connectivity index (χ2n) is 4.84. The molecule has 4 nitrogen and oxygen atoms in total. The summed E-state index contributed by atoms with van der Waals surface area (Å²) in [6.45, 7) is 5.51. The molecule has 2 N–H and O–H groups in total. The smallest absolute Gasteiger partial charge is 0.326 e. The van der Waals surface area contributed by atoms with Gasteiger partial charge >= 0.3 is 5.97 Å². The van der Waals surface area contributed by atoms with Crippen LogP contribution < -0.4 is 5.32 Å². The topological polar surface area (TPSA) is 66.4 Å². The lowest BCUT2D eigenvalue weighted by molar-refractivity contribution is -0.143. The summed E-state index contributed by atoms with van der Waals surface area (Å²) in [5.41, 5.74) is 0.883. The molecule has 0 fully saturated rings. The van der Waals surface area contributed by atoms with Gasteiger partial charge in [-0.2, -0.15) is 0 Å². The second-order valence-corrected chi connectivity index (χ2v) is 4.84. The lowest BCUT2D eigenvalue weighted by Crippen LogP contribution is -2.46. The number of aliphatic carboxylic acids is 1. The highest BCUT2D eigenvalue weighted by molar-refractivity contribution is 5.87. The molecule has 1 aromatic rings. The molecule has 0 aromatic heterocycles. The second kappa shape index (κ2) is 6.92. The number of amides is 1. The van der Waals surface area contributed by atoms with Crippen LogP contribution >= 0.6 is 0 Å². The minimum atomic E-state index is -0.983. The predicted molar refractivity (Wildman–Crippen MR) is 73.9 cm³/mol. The van der Waals surface area contributed by atoms with E-state index in [1.165, 1.54) is 0 Å². The van der Waals surface area contributed by atoms with E-state index < -0.39 is 12.0 Å². The summed E-state index contributed by atoms with van der Waals surface area (Å²) in [5.74, 6) is -1.68. The number of hydrogen-bond donors (Lipinski definition) is 2. The normalized spacial score (nSPS) is 15.3. The average Bonchev–Trinajstić information content (AvgIpc) is 2.43. The minimum absolute atomic E-state index is 0.0931. The number of nitrogens with one attached hydrogen (secondary N) is 1. The molecule has 104 valence electrons. The standard InChI is InChI=1S/C15H21NO3/c1-4-10(2)13(15(18)19)16-14(17)11(3)12-8-6-5-7-9-12/h5-11,13H,4H2,1-3H3,(H,16,17)(H,18,19). The van der Waals surface area contributed by atoms with Crippen molar-refractivity contribution in [3.05, 3.63) is 35.9 Å². The molecule has 0 aliphatic rings. The van der Waals surface area contributed by atoms with E-state index in [9.17, 15) is 9.59 Å². The Morgan fingerprint density at radius 1 is 1.21 bits per heavy atom. The first kappa shape index (κ1) is 15.2. The van der Waals surface area contributed by atoms with Crippen molar-refractivity contribution in [3.63, 3.8) is 0 Å². The maximum Gasteiger partial charge on any atom is 0.326 e. The van der Waals surface area contributed by atoms with Gasteiger partial charge < -0.3 is 10.4 Å². The molecule has 0 aliphatic carbocycles. The molecule has 0 saturated carbocycles. The van der Waals surface area contributed by atoms with Gasteiger partial charge in [-0.1, -0.05) is 50.6 Å². The van der Waals surface area contributed by atoms with Gasteiger partial charge in [0.2, 0.25) is 5.91 Å². The van der Waals surface area contributed by atoms with Crippen LogP contribution in [0, 0.1) is 5.92 Å². The number of benzene rings is 1. The maximum absolute atomic E-state index is 12.1. The molecule has 1 rings (SSSR count). The van der Waals surface area contributed by atoms with E-state index >= 15 is 0 Å². The van der Waals surface area contributed by atoms with Crippen LogP contribution in [0.3, 0.4) is 0 Å². The molecule has 1 amide bonds. The van der Waals surface area contributed by atoms with Crippen LogP contribution in [-0.4, -0.2) is 23.0 Å². The van der Waals surface area contributed by atoms with Gasteiger partial charge in [-0.15, -0.1) is 0 Å². The Morgan fingerprint density at radius 2 is 1.79 bits per heavy atom. The Kier molecular flexibility index (Phi) is 5.55. The van der Waals surface area contributed by atoms with Gasteiger partial charge in [0.15, 0.2) is 0 Å². The largest absolute Gasteiger partial charge is 0.480 e. The highest BCUT2D eigenvalue weighted by Crippen LogP contribution is 2.16. The van der Waals surface area contributed by atoms with Crippen LogP contribution in [-0.2, 0) is 9.59 Å². The monoisotopic (exact) mass is 263 g/mol. The van der Waals surface area contributed by atoms with Crippen molar-refractivity contribution in [2.75, 3.05) is 0 Å². The number of carbonyl (C=O) groups excluding carboxylic acids is 1. The van der Waals surface area contributed by atoms with Crippen molar-refractivity contribution in [2.24, 2.45) is 5.92 Å². The third kappa shape index (κ3) is 4.09. The number of carbonyl (C=O) groups is 2. The highest BCUT2D eigenvalue weighted by atomic mass is 16.4. The molecule has 4 heteroatoms. The van der Waals surface area contributed by atoms with Gasteiger partial charge in [-0.25, -0.2) is 4.79 Å². The molecule has 1 aromatic carbocycles. The molecule has 0 saturated heterocycles. The van der Waals surface area contributed by atoms with Crippen LogP contribution in [0.4, 0.5) is 0 Å². The van der Waals surface area contributed by atoms with E-state index in [0.717, 1.165) is 5.56 Å². The summed E-state index contributed by atoms with van der Waals surface area (Å²) < 4.78 is 0. The Balaban J connectivity index is 2.75. The van der Waals surface area contributed by atoms with E-state index in [-0.39, 0.29) is 17.7 Å². The van der Waals surface area contributed by atoms with E-state index in [4.69, 9.17) is 5.11 Å². The van der Waals surface area contributed by atoms with E-state index in [1.807, 2.05) is 44.2 Å². The van der Waals surface area contributed by atoms with Crippen LogP contribution in [0.1, 0.15) is 38.7 Å². The third-order valence-electron chi connectivity index (χ3n) is 3.47. The number of carboxylic acid groups (broad SMARTS) is 1. The molecule has 3 atom stereocenters. The zero-order valence-electron chi connectivity index (χ0n) is 11.6. The quantitative estimate of drug-likeness (QED) is 0.828. The van der Waals surface area contributed by atoms with E-state index in [2.05, 4.69) is 5.32 Å². The zero-order chi connectivity index (χ0) is 14.4. The van der Waals surface area contributed by atoms with Crippen LogP contribution in [0.15, 0.2) is 30.3 Å².